The molecule has 2 heterocycles. The van der Waals surface area contributed by atoms with Crippen molar-refractivity contribution in [1.82, 2.24) is 9.97 Å². The van der Waals surface area contributed by atoms with Gasteiger partial charge in [0.1, 0.15) is 23.3 Å². The van der Waals surface area contributed by atoms with E-state index in [-0.39, 0.29) is 16.7 Å². The van der Waals surface area contributed by atoms with Crippen molar-refractivity contribution in [2.24, 2.45) is 11.8 Å². The van der Waals surface area contributed by atoms with E-state index in [4.69, 9.17) is 0 Å². The van der Waals surface area contributed by atoms with E-state index in [9.17, 15) is 0 Å². The lowest BCUT2D eigenvalue weighted by atomic mass is 9.95. The highest BCUT2D eigenvalue weighted by molar-refractivity contribution is 5.75. The van der Waals surface area contributed by atoms with Crippen LogP contribution in [0.25, 0.3) is 22.3 Å². The molecule has 0 amide bonds. The molecule has 160 valence electrons. The first-order valence-electron chi connectivity index (χ1n) is 11.0. The number of hydrogen-bond donors (Lipinski definition) is 2. The summed E-state index contributed by atoms with van der Waals surface area (Å²) in [5, 5.41) is 6.57. The van der Waals surface area contributed by atoms with Gasteiger partial charge in [0.15, 0.2) is 0 Å². The molecule has 2 aliphatic carbocycles. The second-order valence-corrected chi connectivity index (χ2v) is 8.73. The number of aromatic nitrogens is 2. The van der Waals surface area contributed by atoms with E-state index in [0.717, 1.165) is 36.6 Å². The Morgan fingerprint density at radius 3 is 1.87 bits per heavy atom. The van der Waals surface area contributed by atoms with Crippen molar-refractivity contribution < 1.29 is 8.78 Å². The Bertz CT molecular complexity index is 1070. The average molecular weight is 421 g/mol. The van der Waals surface area contributed by atoms with E-state index in [1.165, 1.54) is 31.7 Å². The predicted octanol–water partition coefficient (Wildman–Crippen LogP) is 6.04. The molecule has 1 aromatic carbocycles. The highest BCUT2D eigenvalue weighted by Gasteiger charge is 2.22. The molecule has 0 radical (unpaired) electrons. The Hall–Kier alpha value is -3.02. The van der Waals surface area contributed by atoms with Crippen molar-refractivity contribution in [2.45, 2.75) is 32.6 Å². The van der Waals surface area contributed by atoms with E-state index in [0.29, 0.717) is 11.1 Å². The Morgan fingerprint density at radius 2 is 1.39 bits per heavy atom. The molecular weight excluding hydrogens is 394 g/mol. The van der Waals surface area contributed by atoms with Crippen LogP contribution >= 0.6 is 0 Å². The molecule has 0 atom stereocenters. The van der Waals surface area contributed by atoms with Gasteiger partial charge in [-0.05, 0) is 80.3 Å². The van der Waals surface area contributed by atoms with Crippen LogP contribution in [-0.4, -0.2) is 23.1 Å². The minimum absolute atomic E-state index is 0.218. The Balaban J connectivity index is 1.37. The van der Waals surface area contributed by atoms with Crippen LogP contribution in [0.5, 0.6) is 0 Å². The Kier molecular flexibility index (Phi) is 5.30. The van der Waals surface area contributed by atoms with Gasteiger partial charge in [0.25, 0.3) is 0 Å². The summed E-state index contributed by atoms with van der Waals surface area (Å²) < 4.78 is 30.3. The lowest BCUT2D eigenvalue weighted by Gasteiger charge is -2.14. The van der Waals surface area contributed by atoms with Crippen LogP contribution in [0.2, 0.25) is 0 Å². The maximum absolute atomic E-state index is 15.2. The molecule has 0 aliphatic heterocycles. The van der Waals surface area contributed by atoms with E-state index in [1.807, 2.05) is 12.1 Å². The van der Waals surface area contributed by atoms with Crippen molar-refractivity contribution in [3.8, 4) is 22.3 Å². The molecule has 2 saturated carbocycles. The molecule has 6 heteroatoms. The standard InChI is InChI=1S/C25H26F2N4/c1-15-24(19-7-9-23(31-14-19)29-12-17-4-5-17)21(26)10-20(25(15)27)18-6-8-22(30-13-18)28-11-16-2-3-16/h6-10,13-14,16-17H,2-5,11-12H2,1H3,(H,28,30)(H,29,31). The van der Waals surface area contributed by atoms with Crippen LogP contribution in [0.4, 0.5) is 20.4 Å². The molecule has 2 N–H and O–H groups in total. The normalized spacial score (nSPS) is 15.7. The van der Waals surface area contributed by atoms with Crippen LogP contribution in [0.15, 0.2) is 42.7 Å². The van der Waals surface area contributed by atoms with Crippen molar-refractivity contribution >= 4 is 11.6 Å². The van der Waals surface area contributed by atoms with Gasteiger partial charge < -0.3 is 10.6 Å². The Morgan fingerprint density at radius 1 is 0.839 bits per heavy atom. The summed E-state index contributed by atoms with van der Waals surface area (Å²) in [6, 6.07) is 8.45. The highest BCUT2D eigenvalue weighted by atomic mass is 19.1. The SMILES string of the molecule is Cc1c(F)c(-c2ccc(NCC3CC3)nc2)cc(F)c1-c1ccc(NCC2CC2)nc1. The molecule has 31 heavy (non-hydrogen) atoms. The van der Waals surface area contributed by atoms with Crippen molar-refractivity contribution in [3.05, 3.63) is 59.9 Å². The van der Waals surface area contributed by atoms with Gasteiger partial charge in [-0.2, -0.15) is 0 Å². The van der Waals surface area contributed by atoms with Crippen LogP contribution < -0.4 is 10.6 Å². The van der Waals surface area contributed by atoms with E-state index >= 15 is 8.78 Å². The monoisotopic (exact) mass is 420 g/mol. The third-order valence-electron chi connectivity index (χ3n) is 6.11. The molecule has 5 rings (SSSR count). The lowest BCUT2D eigenvalue weighted by molar-refractivity contribution is 0.598. The Labute approximate surface area is 181 Å². The first kappa shape index (κ1) is 19.9. The fourth-order valence-electron chi connectivity index (χ4n) is 3.76. The van der Waals surface area contributed by atoms with Gasteiger partial charge in [-0.3, -0.25) is 0 Å². The first-order valence-corrected chi connectivity index (χ1v) is 11.0. The first-order chi connectivity index (χ1) is 15.1. The van der Waals surface area contributed by atoms with Crippen molar-refractivity contribution in [3.63, 3.8) is 0 Å². The molecule has 2 aliphatic rings. The molecule has 0 spiro atoms. The van der Waals surface area contributed by atoms with Gasteiger partial charge in [-0.15, -0.1) is 0 Å². The minimum Gasteiger partial charge on any atom is -0.370 e. The molecule has 3 aromatic rings. The molecule has 2 fully saturated rings. The molecule has 0 unspecified atom stereocenters. The number of anilines is 2. The fraction of sp³-hybridized carbons (Fsp3) is 0.360. The zero-order valence-electron chi connectivity index (χ0n) is 17.6. The smallest absolute Gasteiger partial charge is 0.134 e. The number of nitrogens with zero attached hydrogens (tertiary/aromatic N) is 2. The summed E-state index contributed by atoms with van der Waals surface area (Å²) in [6.07, 6.45) is 8.23. The molecular formula is C25H26F2N4. The van der Waals surface area contributed by atoms with Gasteiger partial charge in [-0.25, -0.2) is 18.7 Å². The third-order valence-corrected chi connectivity index (χ3v) is 6.11. The number of rotatable bonds is 8. The summed E-state index contributed by atoms with van der Waals surface area (Å²) in [7, 11) is 0. The number of halogens is 2. The van der Waals surface area contributed by atoms with Crippen LogP contribution in [0, 0.1) is 30.4 Å². The predicted molar refractivity (Wildman–Crippen MR) is 120 cm³/mol. The number of nitrogens with one attached hydrogen (secondary N) is 2. The molecule has 2 aromatic heterocycles. The van der Waals surface area contributed by atoms with E-state index < -0.39 is 11.6 Å². The van der Waals surface area contributed by atoms with E-state index in [1.54, 1.807) is 31.5 Å². The van der Waals surface area contributed by atoms with Crippen molar-refractivity contribution in [2.75, 3.05) is 23.7 Å². The highest BCUT2D eigenvalue weighted by Crippen LogP contribution is 2.35. The van der Waals surface area contributed by atoms with Gasteiger partial charge in [-0.1, -0.05) is 0 Å². The molecule has 0 bridgehead atoms. The molecule has 0 saturated heterocycles. The summed E-state index contributed by atoms with van der Waals surface area (Å²) in [6.45, 7) is 3.42. The average Bonchev–Trinajstić information content (AvgIpc) is 3.70. The van der Waals surface area contributed by atoms with Gasteiger partial charge >= 0.3 is 0 Å². The van der Waals surface area contributed by atoms with Crippen LogP contribution in [-0.2, 0) is 0 Å². The second kappa shape index (κ2) is 8.25. The summed E-state index contributed by atoms with van der Waals surface area (Å²) in [4.78, 5) is 8.74. The summed E-state index contributed by atoms with van der Waals surface area (Å²) >= 11 is 0. The number of pyridine rings is 2. The van der Waals surface area contributed by atoms with E-state index in [2.05, 4.69) is 20.6 Å². The third kappa shape index (κ3) is 4.53. The quantitative estimate of drug-likeness (QED) is 0.466. The second-order valence-electron chi connectivity index (χ2n) is 8.73. The number of benzene rings is 1. The van der Waals surface area contributed by atoms with Crippen LogP contribution in [0.1, 0.15) is 31.2 Å². The van der Waals surface area contributed by atoms with Gasteiger partial charge in [0.2, 0.25) is 0 Å². The van der Waals surface area contributed by atoms with Gasteiger partial charge in [0.05, 0.1) is 0 Å². The largest absolute Gasteiger partial charge is 0.370 e. The maximum atomic E-state index is 15.2. The van der Waals surface area contributed by atoms with Crippen LogP contribution in [0.3, 0.4) is 0 Å². The molecule has 4 nitrogen and oxygen atoms in total. The zero-order valence-corrected chi connectivity index (χ0v) is 17.6. The summed E-state index contributed by atoms with van der Waals surface area (Å²) in [5.74, 6) is 2.08. The fourth-order valence-corrected chi connectivity index (χ4v) is 3.76. The minimum atomic E-state index is -0.467. The zero-order chi connectivity index (χ0) is 21.4. The number of hydrogen-bond acceptors (Lipinski definition) is 4. The maximum Gasteiger partial charge on any atom is 0.134 e. The topological polar surface area (TPSA) is 49.8 Å². The lowest BCUT2D eigenvalue weighted by Crippen LogP contribution is -2.05. The van der Waals surface area contributed by atoms with Crippen molar-refractivity contribution in [1.29, 1.82) is 0 Å². The van der Waals surface area contributed by atoms with Gasteiger partial charge in [0, 0.05) is 47.7 Å². The summed E-state index contributed by atoms with van der Waals surface area (Å²) in [5.41, 5.74) is 1.86.